The van der Waals surface area contributed by atoms with E-state index < -0.39 is 0 Å². The predicted molar refractivity (Wildman–Crippen MR) is 73.6 cm³/mol. The molecular weight excluding hydrogens is 238 g/mol. The lowest BCUT2D eigenvalue weighted by molar-refractivity contribution is 0.117. The second kappa shape index (κ2) is 5.43. The van der Waals surface area contributed by atoms with Crippen LogP contribution in [0.5, 0.6) is 11.5 Å². The first-order valence-corrected chi connectivity index (χ1v) is 6.63. The van der Waals surface area contributed by atoms with Crippen molar-refractivity contribution < 1.29 is 9.94 Å². The molecule has 3 rings (SSSR count). The van der Waals surface area contributed by atoms with Gasteiger partial charge in [-0.25, -0.2) is 0 Å². The van der Waals surface area contributed by atoms with Crippen LogP contribution >= 0.6 is 0 Å². The third-order valence-electron chi connectivity index (χ3n) is 3.59. The Balaban J connectivity index is 1.95. The molecule has 0 aromatic heterocycles. The smallest absolute Gasteiger partial charge is 0.130 e. The molecule has 0 aliphatic heterocycles. The fourth-order valence-corrected chi connectivity index (χ4v) is 2.66. The molecule has 0 amide bonds. The average molecular weight is 255 g/mol. The molecule has 0 radical (unpaired) electrons. The molecule has 0 saturated heterocycles. The SMILES string of the molecule is ONC1CCCc2c(Oc3ccccc3)cccc21. The number of nitrogens with one attached hydrogen (secondary N) is 1. The van der Waals surface area contributed by atoms with E-state index in [-0.39, 0.29) is 6.04 Å². The summed E-state index contributed by atoms with van der Waals surface area (Å²) in [5, 5.41) is 9.23. The number of benzene rings is 2. The second-order valence-corrected chi connectivity index (χ2v) is 4.81. The predicted octanol–water partition coefficient (Wildman–Crippen LogP) is 3.84. The molecule has 0 saturated carbocycles. The van der Waals surface area contributed by atoms with Crippen LogP contribution in [-0.2, 0) is 6.42 Å². The van der Waals surface area contributed by atoms with E-state index in [4.69, 9.17) is 4.74 Å². The quantitative estimate of drug-likeness (QED) is 0.819. The molecule has 1 atom stereocenters. The Bertz CT molecular complexity index is 554. The number of ether oxygens (including phenoxy) is 1. The summed E-state index contributed by atoms with van der Waals surface area (Å²) in [6, 6.07) is 15.8. The highest BCUT2D eigenvalue weighted by atomic mass is 16.5. The summed E-state index contributed by atoms with van der Waals surface area (Å²) in [6.07, 6.45) is 3.01. The second-order valence-electron chi connectivity index (χ2n) is 4.81. The lowest BCUT2D eigenvalue weighted by Gasteiger charge is -2.25. The van der Waals surface area contributed by atoms with Crippen LogP contribution < -0.4 is 10.2 Å². The Morgan fingerprint density at radius 1 is 1.05 bits per heavy atom. The van der Waals surface area contributed by atoms with Crippen molar-refractivity contribution in [3.63, 3.8) is 0 Å². The molecule has 3 nitrogen and oxygen atoms in total. The van der Waals surface area contributed by atoms with Crippen molar-refractivity contribution in [1.29, 1.82) is 0 Å². The van der Waals surface area contributed by atoms with Crippen LogP contribution in [0.4, 0.5) is 0 Å². The first-order chi connectivity index (χ1) is 9.38. The summed E-state index contributed by atoms with van der Waals surface area (Å²) in [5.74, 6) is 1.73. The average Bonchev–Trinajstić information content (AvgIpc) is 2.48. The van der Waals surface area contributed by atoms with Gasteiger partial charge in [-0.2, -0.15) is 5.48 Å². The molecule has 0 spiro atoms. The van der Waals surface area contributed by atoms with Gasteiger partial charge in [-0.05, 0) is 48.6 Å². The summed E-state index contributed by atoms with van der Waals surface area (Å²) in [7, 11) is 0. The van der Waals surface area contributed by atoms with Crippen LogP contribution in [0.15, 0.2) is 48.5 Å². The fourth-order valence-electron chi connectivity index (χ4n) is 2.66. The zero-order valence-corrected chi connectivity index (χ0v) is 10.7. The summed E-state index contributed by atoms with van der Waals surface area (Å²) in [6.45, 7) is 0. The van der Waals surface area contributed by atoms with Gasteiger partial charge in [0.1, 0.15) is 11.5 Å². The number of hydrogen-bond donors (Lipinski definition) is 2. The van der Waals surface area contributed by atoms with E-state index in [0.29, 0.717) is 0 Å². The van der Waals surface area contributed by atoms with Gasteiger partial charge in [0.2, 0.25) is 0 Å². The van der Waals surface area contributed by atoms with Crippen LogP contribution in [0.2, 0.25) is 0 Å². The van der Waals surface area contributed by atoms with Crippen molar-refractivity contribution in [1.82, 2.24) is 5.48 Å². The molecule has 19 heavy (non-hydrogen) atoms. The van der Waals surface area contributed by atoms with Crippen LogP contribution in [-0.4, -0.2) is 5.21 Å². The number of fused-ring (bicyclic) bond motifs is 1. The summed E-state index contributed by atoms with van der Waals surface area (Å²) < 4.78 is 5.96. The summed E-state index contributed by atoms with van der Waals surface area (Å²) >= 11 is 0. The van der Waals surface area contributed by atoms with E-state index in [1.807, 2.05) is 42.5 Å². The van der Waals surface area contributed by atoms with E-state index in [2.05, 4.69) is 11.5 Å². The van der Waals surface area contributed by atoms with Gasteiger partial charge in [0.25, 0.3) is 0 Å². The van der Waals surface area contributed by atoms with Gasteiger partial charge in [0.05, 0.1) is 6.04 Å². The Morgan fingerprint density at radius 3 is 2.68 bits per heavy atom. The highest BCUT2D eigenvalue weighted by Crippen LogP contribution is 2.36. The monoisotopic (exact) mass is 255 g/mol. The summed E-state index contributed by atoms with van der Waals surface area (Å²) in [5.41, 5.74) is 4.73. The zero-order valence-electron chi connectivity index (χ0n) is 10.7. The maximum absolute atomic E-state index is 9.23. The number of rotatable bonds is 3. The Labute approximate surface area is 112 Å². The Morgan fingerprint density at radius 2 is 1.89 bits per heavy atom. The molecule has 0 fully saturated rings. The normalized spacial score (nSPS) is 17.8. The first kappa shape index (κ1) is 12.2. The van der Waals surface area contributed by atoms with Crippen molar-refractivity contribution in [3.05, 3.63) is 59.7 Å². The summed E-state index contributed by atoms with van der Waals surface area (Å²) in [4.78, 5) is 0. The van der Waals surface area contributed by atoms with Crippen LogP contribution in [0.25, 0.3) is 0 Å². The van der Waals surface area contributed by atoms with E-state index in [1.165, 1.54) is 5.56 Å². The molecule has 1 aliphatic rings. The maximum Gasteiger partial charge on any atom is 0.130 e. The minimum Gasteiger partial charge on any atom is -0.457 e. The lowest BCUT2D eigenvalue weighted by Crippen LogP contribution is -2.22. The van der Waals surface area contributed by atoms with E-state index in [0.717, 1.165) is 36.3 Å². The highest BCUT2D eigenvalue weighted by molar-refractivity contribution is 5.45. The molecule has 0 heterocycles. The van der Waals surface area contributed by atoms with Gasteiger partial charge in [-0.15, -0.1) is 0 Å². The molecule has 98 valence electrons. The minimum absolute atomic E-state index is 0.0167. The topological polar surface area (TPSA) is 41.5 Å². The largest absolute Gasteiger partial charge is 0.457 e. The number of hydroxylamine groups is 1. The number of hydrogen-bond acceptors (Lipinski definition) is 3. The van der Waals surface area contributed by atoms with Crippen LogP contribution in [0.1, 0.15) is 30.0 Å². The Hall–Kier alpha value is -1.84. The van der Waals surface area contributed by atoms with Gasteiger partial charge in [0.15, 0.2) is 0 Å². The maximum atomic E-state index is 9.23. The van der Waals surface area contributed by atoms with Gasteiger partial charge in [-0.1, -0.05) is 30.3 Å². The third kappa shape index (κ3) is 2.48. The standard InChI is InChI=1S/C16H17NO2/c18-17-15-10-4-9-14-13(15)8-5-11-16(14)19-12-6-2-1-3-7-12/h1-3,5-8,11,15,17-18H,4,9-10H2. The van der Waals surface area contributed by atoms with Gasteiger partial charge >= 0.3 is 0 Å². The molecule has 3 heteroatoms. The van der Waals surface area contributed by atoms with E-state index >= 15 is 0 Å². The molecule has 0 bridgehead atoms. The minimum atomic E-state index is 0.0167. The van der Waals surface area contributed by atoms with Crippen molar-refractivity contribution in [2.75, 3.05) is 0 Å². The number of para-hydroxylation sites is 1. The lowest BCUT2D eigenvalue weighted by atomic mass is 9.87. The van der Waals surface area contributed by atoms with Crippen molar-refractivity contribution >= 4 is 0 Å². The van der Waals surface area contributed by atoms with Crippen molar-refractivity contribution in [2.24, 2.45) is 0 Å². The molecule has 1 unspecified atom stereocenters. The van der Waals surface area contributed by atoms with Gasteiger partial charge in [0, 0.05) is 0 Å². The molecule has 2 aromatic carbocycles. The zero-order chi connectivity index (χ0) is 13.1. The highest BCUT2D eigenvalue weighted by Gasteiger charge is 2.22. The van der Waals surface area contributed by atoms with Gasteiger partial charge < -0.3 is 9.94 Å². The van der Waals surface area contributed by atoms with Crippen LogP contribution in [0, 0.1) is 0 Å². The third-order valence-corrected chi connectivity index (χ3v) is 3.59. The Kier molecular flexibility index (Phi) is 3.49. The molecule has 2 aromatic rings. The van der Waals surface area contributed by atoms with E-state index in [9.17, 15) is 5.21 Å². The van der Waals surface area contributed by atoms with Crippen molar-refractivity contribution in [3.8, 4) is 11.5 Å². The molecule has 1 aliphatic carbocycles. The van der Waals surface area contributed by atoms with Crippen LogP contribution in [0.3, 0.4) is 0 Å². The molecular formula is C16H17NO2. The van der Waals surface area contributed by atoms with E-state index in [1.54, 1.807) is 0 Å². The van der Waals surface area contributed by atoms with Gasteiger partial charge in [-0.3, -0.25) is 0 Å². The van der Waals surface area contributed by atoms with Crippen molar-refractivity contribution in [2.45, 2.75) is 25.3 Å². The fraction of sp³-hybridized carbons (Fsp3) is 0.250. The molecule has 2 N–H and O–H groups in total. The first-order valence-electron chi connectivity index (χ1n) is 6.63.